The van der Waals surface area contributed by atoms with Crippen molar-refractivity contribution in [3.8, 4) is 11.5 Å². The highest BCUT2D eigenvalue weighted by molar-refractivity contribution is 6.06. The predicted octanol–water partition coefficient (Wildman–Crippen LogP) is 2.69. The topological polar surface area (TPSA) is 104 Å². The molecule has 0 saturated heterocycles. The van der Waals surface area contributed by atoms with Crippen molar-refractivity contribution in [2.45, 2.75) is 0 Å². The van der Waals surface area contributed by atoms with Crippen LogP contribution >= 0.6 is 0 Å². The molecule has 0 saturated carbocycles. The highest BCUT2D eigenvalue weighted by Gasteiger charge is 2.15. The molecule has 1 amide bonds. The van der Waals surface area contributed by atoms with Crippen molar-refractivity contribution in [2.75, 3.05) is 12.4 Å². The molecule has 2 aromatic carbocycles. The van der Waals surface area contributed by atoms with E-state index in [2.05, 4.69) is 10.5 Å². The Hall–Kier alpha value is -3.48. The summed E-state index contributed by atoms with van der Waals surface area (Å²) >= 11 is 0. The minimum atomic E-state index is -0.522. The molecule has 0 atom stereocenters. The van der Waals surface area contributed by atoms with Crippen LogP contribution < -0.4 is 15.6 Å². The van der Waals surface area contributed by atoms with E-state index >= 15 is 0 Å². The number of methoxy groups -OCH3 is 1. The van der Waals surface area contributed by atoms with Crippen molar-refractivity contribution in [2.24, 2.45) is 5.16 Å². The maximum atomic E-state index is 12.5. The smallest absolute Gasteiger partial charge is 0.268 e. The Balaban J connectivity index is 2.05. The number of anilines is 1. The van der Waals surface area contributed by atoms with Gasteiger partial charge in [0.25, 0.3) is 11.5 Å². The van der Waals surface area contributed by atoms with E-state index in [0.717, 1.165) is 0 Å². The minimum absolute atomic E-state index is 0.00126. The molecule has 3 rings (SSSR count). The molecule has 1 heterocycles. The third-order valence-corrected chi connectivity index (χ3v) is 3.42. The van der Waals surface area contributed by atoms with E-state index in [-0.39, 0.29) is 22.5 Å². The molecule has 7 heteroatoms. The number of phenols is 1. The maximum absolute atomic E-state index is 12.5. The molecular weight excluding hydrogens is 312 g/mol. The second-order valence-corrected chi connectivity index (χ2v) is 4.94. The summed E-state index contributed by atoms with van der Waals surface area (Å²) < 4.78 is 10.6. The number of hydrogen-bond donors (Lipinski definition) is 3. The zero-order valence-electron chi connectivity index (χ0n) is 12.7. The van der Waals surface area contributed by atoms with Gasteiger partial charge in [0.05, 0.1) is 12.8 Å². The number of carbonyl (C=O) groups excluding carboxylic acids is 1. The lowest BCUT2D eigenvalue weighted by atomic mass is 10.1. The van der Waals surface area contributed by atoms with Crippen LogP contribution in [0.25, 0.3) is 11.0 Å². The fourth-order valence-electron chi connectivity index (χ4n) is 2.28. The predicted molar refractivity (Wildman–Crippen MR) is 86.2 cm³/mol. The molecule has 0 aliphatic rings. The number of aromatic hydroxyl groups is 1. The van der Waals surface area contributed by atoms with Gasteiger partial charge in [-0.15, -0.1) is 0 Å². The third kappa shape index (κ3) is 2.87. The van der Waals surface area contributed by atoms with Gasteiger partial charge in [-0.25, -0.2) is 0 Å². The summed E-state index contributed by atoms with van der Waals surface area (Å²) in [5.74, 6) is -0.0247. The molecule has 0 aliphatic heterocycles. The molecule has 1 aromatic heterocycles. The van der Waals surface area contributed by atoms with Crippen molar-refractivity contribution in [3.05, 3.63) is 59.6 Å². The van der Waals surface area contributed by atoms with Crippen molar-refractivity contribution in [1.29, 1.82) is 0 Å². The van der Waals surface area contributed by atoms with Crippen LogP contribution in [0.15, 0.2) is 58.1 Å². The van der Waals surface area contributed by atoms with Crippen molar-refractivity contribution >= 4 is 22.6 Å². The van der Waals surface area contributed by atoms with E-state index in [9.17, 15) is 9.90 Å². The first kappa shape index (κ1) is 15.4. The standard InChI is InChI=1S/C17H14N2O5/c1-23-14-5-3-2-4-13(14)18-16(21)12-8-10-6-7-11(20)9-15(10)24-17(12)19-22/h2-9,20,22H,1H3,(H,18,21)/b19-17+. The Morgan fingerprint density at radius 1 is 1.21 bits per heavy atom. The lowest BCUT2D eigenvalue weighted by molar-refractivity contribution is 0.102. The summed E-state index contributed by atoms with van der Waals surface area (Å²) in [7, 11) is 1.50. The number of nitrogens with zero attached hydrogens (tertiary/aromatic N) is 1. The van der Waals surface area contributed by atoms with Crippen molar-refractivity contribution in [3.63, 3.8) is 0 Å². The summed E-state index contributed by atoms with van der Waals surface area (Å²) in [5, 5.41) is 24.9. The maximum Gasteiger partial charge on any atom is 0.268 e. The fraction of sp³-hybridized carbons (Fsp3) is 0.0588. The summed E-state index contributed by atoms with van der Waals surface area (Å²) in [5.41, 5.74) is 0.540. The Bertz CT molecular complexity index is 978. The minimum Gasteiger partial charge on any atom is -0.508 e. The SMILES string of the molecule is COc1ccccc1NC(=O)c1cc2ccc(O)cc2o/c1=N/O. The van der Waals surface area contributed by atoms with Gasteiger partial charge in [0, 0.05) is 11.5 Å². The van der Waals surface area contributed by atoms with Gasteiger partial charge in [-0.1, -0.05) is 12.1 Å². The molecule has 3 N–H and O–H groups in total. The Morgan fingerprint density at radius 3 is 2.75 bits per heavy atom. The van der Waals surface area contributed by atoms with Crippen LogP contribution in [0.4, 0.5) is 5.69 Å². The summed E-state index contributed by atoms with van der Waals surface area (Å²) in [6.45, 7) is 0. The molecule has 3 aromatic rings. The van der Waals surface area contributed by atoms with Crippen molar-refractivity contribution in [1.82, 2.24) is 0 Å². The van der Waals surface area contributed by atoms with E-state index < -0.39 is 5.91 Å². The lowest BCUT2D eigenvalue weighted by Crippen LogP contribution is -2.22. The molecule has 7 nitrogen and oxygen atoms in total. The number of carbonyl (C=O) groups is 1. The molecule has 0 fully saturated rings. The number of phenolic OH excluding ortho intramolecular Hbond substituents is 1. The van der Waals surface area contributed by atoms with Crippen LogP contribution in [0.3, 0.4) is 0 Å². The Labute approximate surface area is 136 Å². The number of fused-ring (bicyclic) bond motifs is 1. The number of amides is 1. The second-order valence-electron chi connectivity index (χ2n) is 4.94. The van der Waals surface area contributed by atoms with Gasteiger partial charge in [-0.3, -0.25) is 4.79 Å². The number of nitrogens with one attached hydrogen (secondary N) is 1. The largest absolute Gasteiger partial charge is 0.508 e. The van der Waals surface area contributed by atoms with Crippen LogP contribution in [0.2, 0.25) is 0 Å². The van der Waals surface area contributed by atoms with Crippen LogP contribution in [0, 0.1) is 0 Å². The van der Waals surface area contributed by atoms with E-state index in [4.69, 9.17) is 14.4 Å². The van der Waals surface area contributed by atoms with Gasteiger partial charge in [0.2, 0.25) is 0 Å². The third-order valence-electron chi connectivity index (χ3n) is 3.42. The number of hydrogen-bond acceptors (Lipinski definition) is 6. The molecule has 0 unspecified atom stereocenters. The van der Waals surface area contributed by atoms with E-state index in [1.807, 2.05) is 0 Å². The quantitative estimate of drug-likeness (QED) is 0.507. The second kappa shape index (κ2) is 6.33. The Morgan fingerprint density at radius 2 is 2.00 bits per heavy atom. The van der Waals surface area contributed by atoms with Gasteiger partial charge >= 0.3 is 0 Å². The average molecular weight is 326 g/mol. The van der Waals surface area contributed by atoms with Gasteiger partial charge < -0.3 is 24.8 Å². The molecule has 24 heavy (non-hydrogen) atoms. The number of ether oxygens (including phenoxy) is 1. The van der Waals surface area contributed by atoms with E-state index in [1.54, 1.807) is 30.3 Å². The molecule has 0 spiro atoms. The van der Waals surface area contributed by atoms with Crippen LogP contribution in [0.5, 0.6) is 11.5 Å². The zero-order chi connectivity index (χ0) is 17.1. The molecule has 0 radical (unpaired) electrons. The fourth-order valence-corrected chi connectivity index (χ4v) is 2.28. The zero-order valence-corrected chi connectivity index (χ0v) is 12.7. The molecular formula is C17H14N2O5. The van der Waals surface area contributed by atoms with Gasteiger partial charge in [-0.05, 0) is 35.5 Å². The van der Waals surface area contributed by atoms with Crippen LogP contribution in [-0.4, -0.2) is 23.3 Å². The molecule has 0 bridgehead atoms. The van der Waals surface area contributed by atoms with E-state index in [1.165, 1.54) is 25.3 Å². The summed E-state index contributed by atoms with van der Waals surface area (Å²) in [6.07, 6.45) is 0. The highest BCUT2D eigenvalue weighted by Crippen LogP contribution is 2.24. The lowest BCUT2D eigenvalue weighted by Gasteiger charge is -2.10. The highest BCUT2D eigenvalue weighted by atomic mass is 16.5. The van der Waals surface area contributed by atoms with Gasteiger partial charge in [0.15, 0.2) is 0 Å². The van der Waals surface area contributed by atoms with Gasteiger partial charge in [0.1, 0.15) is 22.6 Å². The van der Waals surface area contributed by atoms with E-state index in [0.29, 0.717) is 16.8 Å². The van der Waals surface area contributed by atoms with Crippen LogP contribution in [-0.2, 0) is 0 Å². The first-order chi connectivity index (χ1) is 11.6. The van der Waals surface area contributed by atoms with Gasteiger partial charge in [-0.2, -0.15) is 0 Å². The molecule has 0 aliphatic carbocycles. The summed E-state index contributed by atoms with van der Waals surface area (Å²) in [4.78, 5) is 12.5. The molecule has 122 valence electrons. The van der Waals surface area contributed by atoms with Crippen molar-refractivity contribution < 1.29 is 24.3 Å². The number of benzene rings is 2. The first-order valence-electron chi connectivity index (χ1n) is 7.01. The first-order valence-corrected chi connectivity index (χ1v) is 7.01. The van der Waals surface area contributed by atoms with Crippen LogP contribution in [0.1, 0.15) is 10.4 Å². The normalized spacial score (nSPS) is 11.5. The number of rotatable bonds is 3. The average Bonchev–Trinajstić information content (AvgIpc) is 2.60. The monoisotopic (exact) mass is 326 g/mol. The summed E-state index contributed by atoms with van der Waals surface area (Å²) in [6, 6.07) is 12.9. The number of para-hydroxylation sites is 2. The Kier molecular flexibility index (Phi) is 4.07.